The van der Waals surface area contributed by atoms with Crippen LogP contribution in [0.15, 0.2) is 59.1 Å². The summed E-state index contributed by atoms with van der Waals surface area (Å²) >= 11 is 0. The minimum Gasteiger partial charge on any atom is -0.359 e. The van der Waals surface area contributed by atoms with Crippen molar-refractivity contribution in [2.45, 2.75) is 26.8 Å². The van der Waals surface area contributed by atoms with Crippen LogP contribution in [0.1, 0.15) is 34.2 Å². The van der Waals surface area contributed by atoms with Gasteiger partial charge >= 0.3 is 0 Å². The van der Waals surface area contributed by atoms with E-state index in [0.717, 1.165) is 23.2 Å². The molecule has 0 unspecified atom stereocenters. The van der Waals surface area contributed by atoms with Crippen LogP contribution in [0.4, 0.5) is 0 Å². The van der Waals surface area contributed by atoms with Crippen molar-refractivity contribution >= 4 is 5.91 Å². The van der Waals surface area contributed by atoms with E-state index in [2.05, 4.69) is 29.5 Å². The second kappa shape index (κ2) is 7.13. The Labute approximate surface area is 141 Å². The maximum Gasteiger partial charge on any atom is 0.251 e. The van der Waals surface area contributed by atoms with Crippen LogP contribution in [-0.2, 0) is 13.0 Å². The molecule has 0 bridgehead atoms. The minimum atomic E-state index is -0.125. The third-order valence-electron chi connectivity index (χ3n) is 3.95. The van der Waals surface area contributed by atoms with E-state index in [-0.39, 0.29) is 5.91 Å². The Bertz CT molecular complexity index is 818. The zero-order chi connectivity index (χ0) is 16.9. The smallest absolute Gasteiger partial charge is 0.251 e. The molecule has 0 atom stereocenters. The van der Waals surface area contributed by atoms with Gasteiger partial charge in [0.05, 0.1) is 6.54 Å². The molecule has 3 rings (SSSR count). The van der Waals surface area contributed by atoms with Crippen molar-refractivity contribution in [2.24, 2.45) is 0 Å². The monoisotopic (exact) mass is 320 g/mol. The molecule has 0 aliphatic rings. The number of hydrogen-bond donors (Lipinski definition) is 1. The fourth-order valence-corrected chi connectivity index (χ4v) is 2.42. The first-order valence-electron chi connectivity index (χ1n) is 8.05. The maximum absolute atomic E-state index is 12.1. The number of nitrogens with one attached hydrogen (secondary N) is 1. The molecule has 0 radical (unpaired) electrons. The van der Waals surface area contributed by atoms with Gasteiger partial charge < -0.3 is 9.84 Å². The van der Waals surface area contributed by atoms with Crippen LogP contribution in [0.5, 0.6) is 0 Å². The topological polar surface area (TPSA) is 55.1 Å². The van der Waals surface area contributed by atoms with Crippen molar-refractivity contribution in [2.75, 3.05) is 0 Å². The molecule has 1 amide bonds. The number of carbonyl (C=O) groups excluding carboxylic acids is 1. The van der Waals surface area contributed by atoms with E-state index in [4.69, 9.17) is 4.52 Å². The number of benzene rings is 2. The molecule has 1 heterocycles. The highest BCUT2D eigenvalue weighted by atomic mass is 16.5. The Morgan fingerprint density at radius 2 is 1.79 bits per heavy atom. The normalized spacial score (nSPS) is 10.6. The first kappa shape index (κ1) is 16.0. The van der Waals surface area contributed by atoms with Crippen molar-refractivity contribution in [3.05, 3.63) is 77.0 Å². The van der Waals surface area contributed by atoms with E-state index in [1.807, 2.05) is 49.4 Å². The Morgan fingerprint density at radius 3 is 2.46 bits per heavy atom. The summed E-state index contributed by atoms with van der Waals surface area (Å²) in [5.41, 5.74) is 4.83. The van der Waals surface area contributed by atoms with E-state index >= 15 is 0 Å². The number of carbonyl (C=O) groups is 1. The molecule has 24 heavy (non-hydrogen) atoms. The first-order chi connectivity index (χ1) is 11.7. The Kier molecular flexibility index (Phi) is 4.75. The van der Waals surface area contributed by atoms with Crippen LogP contribution >= 0.6 is 0 Å². The molecule has 0 saturated heterocycles. The Balaban J connectivity index is 1.63. The van der Waals surface area contributed by atoms with Crippen LogP contribution < -0.4 is 5.32 Å². The third-order valence-corrected chi connectivity index (χ3v) is 3.95. The molecule has 0 aliphatic carbocycles. The van der Waals surface area contributed by atoms with Crippen LogP contribution in [0.2, 0.25) is 0 Å². The summed E-state index contributed by atoms with van der Waals surface area (Å²) < 4.78 is 5.32. The van der Waals surface area contributed by atoms with Gasteiger partial charge in [-0.2, -0.15) is 0 Å². The first-order valence-corrected chi connectivity index (χ1v) is 8.05. The zero-order valence-corrected chi connectivity index (χ0v) is 13.9. The van der Waals surface area contributed by atoms with Gasteiger partial charge in [0.2, 0.25) is 0 Å². The van der Waals surface area contributed by atoms with Crippen LogP contribution in [-0.4, -0.2) is 11.1 Å². The predicted molar refractivity (Wildman–Crippen MR) is 93.7 cm³/mol. The summed E-state index contributed by atoms with van der Waals surface area (Å²) in [6, 6.07) is 17.6. The third kappa shape index (κ3) is 3.71. The van der Waals surface area contributed by atoms with E-state index in [1.165, 1.54) is 5.56 Å². The summed E-state index contributed by atoms with van der Waals surface area (Å²) in [5.74, 6) is 0.505. The second-order valence-corrected chi connectivity index (χ2v) is 5.78. The van der Waals surface area contributed by atoms with Crippen molar-refractivity contribution < 1.29 is 9.32 Å². The van der Waals surface area contributed by atoms with Gasteiger partial charge in [-0.1, -0.05) is 54.0 Å². The molecule has 0 spiro atoms. The van der Waals surface area contributed by atoms with E-state index < -0.39 is 0 Å². The van der Waals surface area contributed by atoms with Gasteiger partial charge in [0.25, 0.3) is 5.91 Å². The summed E-state index contributed by atoms with van der Waals surface area (Å²) in [4.78, 5) is 12.1. The van der Waals surface area contributed by atoms with Gasteiger partial charge in [-0.3, -0.25) is 4.79 Å². The summed E-state index contributed by atoms with van der Waals surface area (Å²) in [6.45, 7) is 4.43. The molecule has 1 aromatic heterocycles. The van der Waals surface area contributed by atoms with Crippen LogP contribution in [0.25, 0.3) is 11.3 Å². The lowest BCUT2D eigenvalue weighted by molar-refractivity contribution is 0.0947. The molecule has 122 valence electrons. The quantitative estimate of drug-likeness (QED) is 0.768. The number of aryl methyl sites for hydroxylation is 2. The summed E-state index contributed by atoms with van der Waals surface area (Å²) in [6.07, 6.45) is 1.01. The second-order valence-electron chi connectivity index (χ2n) is 5.78. The van der Waals surface area contributed by atoms with Crippen molar-refractivity contribution in [1.29, 1.82) is 0 Å². The van der Waals surface area contributed by atoms with Gasteiger partial charge in [0.15, 0.2) is 5.76 Å². The van der Waals surface area contributed by atoms with E-state index in [0.29, 0.717) is 17.9 Å². The van der Waals surface area contributed by atoms with Crippen molar-refractivity contribution in [3.63, 3.8) is 0 Å². The summed E-state index contributed by atoms with van der Waals surface area (Å²) in [7, 11) is 0. The standard InChI is InChI=1S/C20H20N2O2/c1-3-15-6-10-16(11-7-15)19-12-18(24-22-19)13-21-20(23)17-8-4-14(2)5-9-17/h4-12H,3,13H2,1-2H3,(H,21,23). The number of hydrogen-bond acceptors (Lipinski definition) is 3. The predicted octanol–water partition coefficient (Wildman–Crippen LogP) is 4.14. The molecule has 4 heteroatoms. The van der Waals surface area contributed by atoms with E-state index in [9.17, 15) is 4.79 Å². The highest BCUT2D eigenvalue weighted by Gasteiger charge is 2.09. The number of rotatable bonds is 5. The highest BCUT2D eigenvalue weighted by Crippen LogP contribution is 2.20. The average molecular weight is 320 g/mol. The maximum atomic E-state index is 12.1. The van der Waals surface area contributed by atoms with Crippen LogP contribution in [0, 0.1) is 6.92 Å². The highest BCUT2D eigenvalue weighted by molar-refractivity contribution is 5.94. The molecule has 1 N–H and O–H groups in total. The molecular formula is C20H20N2O2. The van der Waals surface area contributed by atoms with Gasteiger partial charge in [-0.15, -0.1) is 0 Å². The minimum absolute atomic E-state index is 0.125. The lowest BCUT2D eigenvalue weighted by atomic mass is 10.1. The van der Waals surface area contributed by atoms with Gasteiger partial charge in [0, 0.05) is 17.2 Å². The molecule has 3 aromatic rings. The largest absolute Gasteiger partial charge is 0.359 e. The number of amides is 1. The van der Waals surface area contributed by atoms with E-state index in [1.54, 1.807) is 0 Å². The fraction of sp³-hybridized carbons (Fsp3) is 0.200. The van der Waals surface area contributed by atoms with Gasteiger partial charge in [-0.25, -0.2) is 0 Å². The van der Waals surface area contributed by atoms with Gasteiger partial charge in [0.1, 0.15) is 5.69 Å². The van der Waals surface area contributed by atoms with Gasteiger partial charge in [-0.05, 0) is 31.0 Å². The Morgan fingerprint density at radius 1 is 1.08 bits per heavy atom. The molecule has 0 saturated carbocycles. The molecule has 2 aromatic carbocycles. The average Bonchev–Trinajstić information content (AvgIpc) is 3.09. The van der Waals surface area contributed by atoms with Crippen molar-refractivity contribution in [1.82, 2.24) is 10.5 Å². The van der Waals surface area contributed by atoms with Crippen LogP contribution in [0.3, 0.4) is 0 Å². The number of nitrogens with zero attached hydrogens (tertiary/aromatic N) is 1. The lowest BCUT2D eigenvalue weighted by Crippen LogP contribution is -2.22. The number of aromatic nitrogens is 1. The SMILES string of the molecule is CCc1ccc(-c2cc(CNC(=O)c3ccc(C)cc3)on2)cc1. The molecular weight excluding hydrogens is 300 g/mol. The molecule has 0 fully saturated rings. The molecule has 4 nitrogen and oxygen atoms in total. The Hall–Kier alpha value is -2.88. The fourth-order valence-electron chi connectivity index (χ4n) is 2.42. The molecule has 0 aliphatic heterocycles. The van der Waals surface area contributed by atoms with Crippen molar-refractivity contribution in [3.8, 4) is 11.3 Å². The summed E-state index contributed by atoms with van der Waals surface area (Å²) in [5, 5.41) is 6.92. The lowest BCUT2D eigenvalue weighted by Gasteiger charge is -2.03. The zero-order valence-electron chi connectivity index (χ0n) is 13.9.